The zero-order valence-corrected chi connectivity index (χ0v) is 17.2. The Balaban J connectivity index is 1.84. The maximum absolute atomic E-state index is 12.7. The Hall–Kier alpha value is -2.76. The van der Waals surface area contributed by atoms with Crippen LogP contribution in [-0.2, 0) is 0 Å². The van der Waals surface area contributed by atoms with Crippen LogP contribution in [0.25, 0.3) is 16.8 Å². The average Bonchev–Trinajstić information content (AvgIpc) is 3.14. The molecule has 0 spiro atoms. The molecule has 3 rings (SSSR count). The number of nitriles is 1. The van der Waals surface area contributed by atoms with Gasteiger partial charge < -0.3 is 5.32 Å². The average molecular weight is 432 g/mol. The fourth-order valence-corrected chi connectivity index (χ4v) is 3.95. The molecule has 3 aromatic rings. The van der Waals surface area contributed by atoms with Crippen molar-refractivity contribution in [2.24, 2.45) is 0 Å². The number of rotatable bonds is 5. The van der Waals surface area contributed by atoms with Crippen molar-refractivity contribution >= 4 is 34.4 Å². The predicted octanol–water partition coefficient (Wildman–Crippen LogP) is 7.02. The maximum Gasteiger partial charge on any atom is 0.446 e. The van der Waals surface area contributed by atoms with Gasteiger partial charge in [0.2, 0.25) is 0 Å². The van der Waals surface area contributed by atoms with Crippen molar-refractivity contribution < 1.29 is 13.2 Å². The number of hydrogen-bond donors (Lipinski definition) is 1. The molecule has 1 N–H and O–H groups in total. The fourth-order valence-electron chi connectivity index (χ4n) is 2.52. The van der Waals surface area contributed by atoms with Crippen LogP contribution >= 0.6 is 23.1 Å². The number of nitrogens with zero attached hydrogens (tertiary/aromatic N) is 2. The fraction of sp³-hybridized carbons (Fsp3) is 0.143. The molecule has 0 aliphatic carbocycles. The summed E-state index contributed by atoms with van der Waals surface area (Å²) in [5, 5.41) is 14.7. The summed E-state index contributed by atoms with van der Waals surface area (Å²) in [6.45, 7) is 4.05. The van der Waals surface area contributed by atoms with Crippen LogP contribution < -0.4 is 5.32 Å². The van der Waals surface area contributed by atoms with Gasteiger partial charge in [0.15, 0.2) is 0 Å². The van der Waals surface area contributed by atoms with Crippen molar-refractivity contribution in [3.8, 4) is 17.3 Å². The van der Waals surface area contributed by atoms with Crippen LogP contribution in [0.3, 0.4) is 0 Å². The number of hydrogen-bond acceptors (Lipinski definition) is 5. The second kappa shape index (κ2) is 8.72. The van der Waals surface area contributed by atoms with Crippen LogP contribution in [0.15, 0.2) is 58.9 Å². The minimum atomic E-state index is -4.39. The first-order chi connectivity index (χ1) is 13.8. The van der Waals surface area contributed by atoms with E-state index in [0.29, 0.717) is 5.01 Å². The first-order valence-corrected chi connectivity index (χ1v) is 10.2. The molecule has 2 aromatic carbocycles. The predicted molar refractivity (Wildman–Crippen MR) is 113 cm³/mol. The number of anilines is 1. The smallest absolute Gasteiger partial charge is 0.359 e. The highest BCUT2D eigenvalue weighted by atomic mass is 32.2. The number of benzene rings is 2. The quantitative estimate of drug-likeness (QED) is 0.348. The van der Waals surface area contributed by atoms with Gasteiger partial charge in [0, 0.05) is 22.0 Å². The van der Waals surface area contributed by atoms with Gasteiger partial charge in [-0.3, -0.25) is 0 Å². The number of halogens is 3. The van der Waals surface area contributed by atoms with Crippen molar-refractivity contribution in [1.29, 1.82) is 5.26 Å². The highest BCUT2D eigenvalue weighted by Gasteiger charge is 2.30. The van der Waals surface area contributed by atoms with Crippen LogP contribution in [-0.4, -0.2) is 10.5 Å². The topological polar surface area (TPSA) is 48.7 Å². The lowest BCUT2D eigenvalue weighted by Crippen LogP contribution is -2.01. The molecular formula is C21H16F3N3S2. The van der Waals surface area contributed by atoms with E-state index in [1.165, 1.54) is 41.3 Å². The standard InChI is InChI=1S/C21H16F3N3S2/c1-13-7-8-15(9-14(13)2)18-12-28-20(27-18)16(10-25)11-26-17-5-3-4-6-19(17)29-21(22,23)24/h3-9,11-12,26H,1-2H3. The Bertz CT molecular complexity index is 1100. The Labute approximate surface area is 174 Å². The summed E-state index contributed by atoms with van der Waals surface area (Å²) >= 11 is 1.11. The lowest BCUT2D eigenvalue weighted by Gasteiger charge is -2.10. The van der Waals surface area contributed by atoms with Crippen molar-refractivity contribution in [2.45, 2.75) is 24.3 Å². The second-order valence-corrected chi connectivity index (χ2v) is 8.16. The van der Waals surface area contributed by atoms with Crippen LogP contribution in [0, 0.1) is 25.2 Å². The van der Waals surface area contributed by atoms with Gasteiger partial charge in [-0.2, -0.15) is 18.4 Å². The van der Waals surface area contributed by atoms with E-state index in [1.54, 1.807) is 6.07 Å². The van der Waals surface area contributed by atoms with Crippen LogP contribution in [0.5, 0.6) is 0 Å². The van der Waals surface area contributed by atoms with Gasteiger partial charge in [0.25, 0.3) is 0 Å². The van der Waals surface area contributed by atoms with Crippen molar-refractivity contribution in [2.75, 3.05) is 5.32 Å². The molecule has 1 aromatic heterocycles. The number of aromatic nitrogens is 1. The number of para-hydroxylation sites is 1. The highest BCUT2D eigenvalue weighted by Crippen LogP contribution is 2.40. The lowest BCUT2D eigenvalue weighted by atomic mass is 10.1. The third-order valence-electron chi connectivity index (χ3n) is 4.14. The summed E-state index contributed by atoms with van der Waals surface area (Å²) < 4.78 is 38.2. The minimum absolute atomic E-state index is 0.0310. The molecule has 0 atom stereocenters. The molecule has 0 bridgehead atoms. The molecule has 0 radical (unpaired) electrons. The monoisotopic (exact) mass is 431 g/mol. The molecule has 0 amide bonds. The van der Waals surface area contributed by atoms with E-state index in [-0.39, 0.29) is 27.9 Å². The Morgan fingerprint density at radius 2 is 1.93 bits per heavy atom. The van der Waals surface area contributed by atoms with Gasteiger partial charge in [-0.1, -0.05) is 24.3 Å². The molecule has 0 unspecified atom stereocenters. The molecule has 8 heteroatoms. The van der Waals surface area contributed by atoms with E-state index >= 15 is 0 Å². The molecule has 0 aliphatic rings. The molecule has 3 nitrogen and oxygen atoms in total. The third-order valence-corrected chi connectivity index (χ3v) is 5.83. The Kier molecular flexibility index (Phi) is 6.30. The van der Waals surface area contributed by atoms with Gasteiger partial charge in [-0.25, -0.2) is 4.98 Å². The van der Waals surface area contributed by atoms with Gasteiger partial charge in [-0.15, -0.1) is 11.3 Å². The van der Waals surface area contributed by atoms with Gasteiger partial charge in [0.05, 0.1) is 11.4 Å². The van der Waals surface area contributed by atoms with E-state index < -0.39 is 5.51 Å². The minimum Gasteiger partial charge on any atom is -0.359 e. The summed E-state index contributed by atoms with van der Waals surface area (Å²) in [5.74, 6) is 0. The summed E-state index contributed by atoms with van der Waals surface area (Å²) in [5.41, 5.74) is 0.158. The van der Waals surface area contributed by atoms with Gasteiger partial charge >= 0.3 is 5.51 Å². The molecule has 1 heterocycles. The first-order valence-electron chi connectivity index (χ1n) is 8.52. The van der Waals surface area contributed by atoms with Crippen molar-refractivity contribution in [3.05, 3.63) is 70.2 Å². The van der Waals surface area contributed by atoms with E-state index in [2.05, 4.69) is 16.4 Å². The molecule has 0 saturated heterocycles. The molecule has 148 valence electrons. The number of thioether (sulfide) groups is 1. The molecule has 0 fully saturated rings. The van der Waals surface area contributed by atoms with E-state index in [1.807, 2.05) is 37.4 Å². The molecular weight excluding hydrogens is 415 g/mol. The van der Waals surface area contributed by atoms with Gasteiger partial charge in [-0.05, 0) is 54.9 Å². The van der Waals surface area contributed by atoms with E-state index in [0.717, 1.165) is 16.8 Å². The third kappa shape index (κ3) is 5.40. The zero-order chi connectivity index (χ0) is 21.0. The zero-order valence-electron chi connectivity index (χ0n) is 15.5. The molecule has 0 aliphatic heterocycles. The van der Waals surface area contributed by atoms with E-state index in [4.69, 9.17) is 0 Å². The van der Waals surface area contributed by atoms with Crippen LogP contribution in [0.4, 0.5) is 18.9 Å². The van der Waals surface area contributed by atoms with Crippen LogP contribution in [0.2, 0.25) is 0 Å². The number of nitrogens with one attached hydrogen (secondary N) is 1. The molecule has 0 saturated carbocycles. The lowest BCUT2D eigenvalue weighted by molar-refractivity contribution is -0.0327. The van der Waals surface area contributed by atoms with Crippen molar-refractivity contribution in [1.82, 2.24) is 4.98 Å². The number of allylic oxidation sites excluding steroid dienone is 1. The van der Waals surface area contributed by atoms with Gasteiger partial charge in [0.1, 0.15) is 16.6 Å². The highest BCUT2D eigenvalue weighted by molar-refractivity contribution is 8.00. The van der Waals surface area contributed by atoms with E-state index in [9.17, 15) is 18.4 Å². The first kappa shape index (κ1) is 21.0. The normalized spacial score (nSPS) is 11.9. The summed E-state index contributed by atoms with van der Waals surface area (Å²) in [6.07, 6.45) is 1.39. The maximum atomic E-state index is 12.7. The Morgan fingerprint density at radius 3 is 2.62 bits per heavy atom. The molecule has 29 heavy (non-hydrogen) atoms. The number of thiazole rings is 1. The summed E-state index contributed by atoms with van der Waals surface area (Å²) in [6, 6.07) is 14.1. The van der Waals surface area contributed by atoms with Crippen molar-refractivity contribution in [3.63, 3.8) is 0 Å². The van der Waals surface area contributed by atoms with Crippen LogP contribution in [0.1, 0.15) is 16.1 Å². The SMILES string of the molecule is Cc1ccc(-c2csc(C(C#N)=CNc3ccccc3SC(F)(F)F)n2)cc1C. The Morgan fingerprint density at radius 1 is 1.17 bits per heavy atom. The largest absolute Gasteiger partial charge is 0.446 e. The number of aryl methyl sites for hydroxylation is 2. The summed E-state index contributed by atoms with van der Waals surface area (Å²) in [7, 11) is 0. The second-order valence-electron chi connectivity index (χ2n) is 6.20. The number of alkyl halides is 3. The summed E-state index contributed by atoms with van der Waals surface area (Å²) in [4.78, 5) is 4.55.